The van der Waals surface area contributed by atoms with Crippen molar-refractivity contribution in [2.45, 2.75) is 0 Å². The zero-order valence-electron chi connectivity index (χ0n) is 6.42. The minimum absolute atomic E-state index is 0. The number of amidine groups is 1. The van der Waals surface area contributed by atoms with Crippen molar-refractivity contribution in [3.05, 3.63) is 0 Å². The lowest BCUT2D eigenvalue weighted by molar-refractivity contribution is 0.857. The van der Waals surface area contributed by atoms with Gasteiger partial charge in [0.2, 0.25) is 11.9 Å². The van der Waals surface area contributed by atoms with Crippen LogP contribution >= 0.6 is 35.7 Å². The fourth-order valence-corrected chi connectivity index (χ4v) is 0.819. The Labute approximate surface area is 91.6 Å². The van der Waals surface area contributed by atoms with E-state index in [0.29, 0.717) is 0 Å². The molecule has 7 N–H and O–H groups in total. The Hall–Kier alpha value is -0.510. The first kappa shape index (κ1) is 14.0. The van der Waals surface area contributed by atoms with Gasteiger partial charge in [0.15, 0.2) is 5.17 Å². The van der Waals surface area contributed by atoms with Gasteiger partial charge in [-0.2, -0.15) is 0 Å². The number of nitrogens with one attached hydrogen (secondary N) is 3. The number of nitrogens with two attached hydrogens (primary N) is 2. The summed E-state index contributed by atoms with van der Waals surface area (Å²) >= 11 is 1.06. The Balaban J connectivity index is 0. The van der Waals surface area contributed by atoms with Gasteiger partial charge in [-0.15, -0.1) is 24.0 Å². The second-order valence-corrected chi connectivity index (χ2v) is 2.41. The molecule has 0 aliphatic heterocycles. The summed E-state index contributed by atoms with van der Waals surface area (Å²) in [6.07, 6.45) is 1.64. The second kappa shape index (κ2) is 6.06. The van der Waals surface area contributed by atoms with Crippen LogP contribution in [-0.2, 0) is 0 Å². The molecule has 0 atom stereocenters. The van der Waals surface area contributed by atoms with Gasteiger partial charge in [-0.3, -0.25) is 16.2 Å². The Morgan fingerprint density at radius 2 is 1.50 bits per heavy atom. The molecule has 8 heteroatoms. The van der Waals surface area contributed by atoms with E-state index >= 15 is 0 Å². The van der Waals surface area contributed by atoms with Crippen LogP contribution < -0.4 is 11.5 Å². The van der Waals surface area contributed by atoms with Gasteiger partial charge in [-0.05, 0) is 6.26 Å². The smallest absolute Gasteiger partial charge is 0.201 e. The van der Waals surface area contributed by atoms with Crippen LogP contribution in [0.4, 0.5) is 0 Å². The van der Waals surface area contributed by atoms with Gasteiger partial charge in [0.05, 0.1) is 0 Å². The first-order chi connectivity index (χ1) is 5.00. The molecule has 0 fully saturated rings. The molecule has 0 heterocycles. The molecular formula is C4H11IN6S. The van der Waals surface area contributed by atoms with Crippen LogP contribution in [0.1, 0.15) is 0 Å². The Bertz CT molecular complexity index is 190. The highest BCUT2D eigenvalue weighted by Crippen LogP contribution is 2.00. The molecule has 0 aromatic carbocycles. The Morgan fingerprint density at radius 3 is 1.58 bits per heavy atom. The summed E-state index contributed by atoms with van der Waals surface area (Å²) < 4.78 is 0. The normalized spacial score (nSPS) is 8.08. The van der Waals surface area contributed by atoms with Crippen molar-refractivity contribution in [3.8, 4) is 0 Å². The van der Waals surface area contributed by atoms with Crippen LogP contribution in [-0.4, -0.2) is 28.2 Å². The number of nitrogens with zero attached hydrogens (tertiary/aromatic N) is 1. The van der Waals surface area contributed by atoms with Crippen molar-refractivity contribution in [3.63, 3.8) is 0 Å². The van der Waals surface area contributed by atoms with Crippen molar-refractivity contribution in [1.29, 1.82) is 16.2 Å². The Morgan fingerprint density at radius 1 is 1.17 bits per heavy atom. The maximum Gasteiger partial charge on any atom is 0.201 e. The van der Waals surface area contributed by atoms with Crippen molar-refractivity contribution >= 4 is 52.8 Å². The van der Waals surface area contributed by atoms with Crippen LogP contribution in [0, 0.1) is 16.2 Å². The van der Waals surface area contributed by atoms with Gasteiger partial charge in [-0.1, -0.05) is 11.8 Å². The van der Waals surface area contributed by atoms with Crippen LogP contribution in [0.5, 0.6) is 0 Å². The summed E-state index contributed by atoms with van der Waals surface area (Å²) in [5.41, 5.74) is 10.1. The molecule has 0 radical (unpaired) electrons. The summed E-state index contributed by atoms with van der Waals surface area (Å²) in [7, 11) is 0. The van der Waals surface area contributed by atoms with E-state index in [9.17, 15) is 0 Å². The third kappa shape index (κ3) is 3.76. The molecule has 0 spiro atoms. The van der Waals surface area contributed by atoms with Gasteiger partial charge >= 0.3 is 0 Å². The molecule has 0 rings (SSSR count). The van der Waals surface area contributed by atoms with Gasteiger partial charge in [0, 0.05) is 0 Å². The van der Waals surface area contributed by atoms with E-state index in [1.165, 1.54) is 0 Å². The fraction of sp³-hybridized carbons (Fsp3) is 0.250. The topological polar surface area (TPSA) is 127 Å². The quantitative estimate of drug-likeness (QED) is 0.245. The molecule has 12 heavy (non-hydrogen) atoms. The minimum Gasteiger partial charge on any atom is -0.369 e. The first-order valence-electron chi connectivity index (χ1n) is 2.61. The van der Waals surface area contributed by atoms with Crippen molar-refractivity contribution in [2.75, 3.05) is 6.26 Å². The largest absolute Gasteiger partial charge is 0.369 e. The van der Waals surface area contributed by atoms with E-state index in [1.807, 2.05) is 0 Å². The van der Waals surface area contributed by atoms with Crippen molar-refractivity contribution in [2.24, 2.45) is 11.5 Å². The lowest BCUT2D eigenvalue weighted by Crippen LogP contribution is -2.47. The highest BCUT2D eigenvalue weighted by Gasteiger charge is 2.14. The average molecular weight is 302 g/mol. The minimum atomic E-state index is -0.420. The van der Waals surface area contributed by atoms with Crippen LogP contribution in [0.15, 0.2) is 0 Å². The predicted molar refractivity (Wildman–Crippen MR) is 62.3 cm³/mol. The summed E-state index contributed by atoms with van der Waals surface area (Å²) in [6.45, 7) is 0. The third-order valence-corrected chi connectivity index (χ3v) is 1.45. The first-order valence-corrected chi connectivity index (χ1v) is 3.84. The second-order valence-electron chi connectivity index (χ2n) is 1.62. The van der Waals surface area contributed by atoms with E-state index in [4.69, 9.17) is 27.7 Å². The number of halogens is 1. The standard InChI is InChI=1S/C4H10N6S.HI/c1-11-4(9)10(2(5)6)3(7)8;/h9H,1H3,(H3,5,6)(H3,7,8);1H. The Kier molecular flexibility index (Phi) is 7.09. The highest BCUT2D eigenvalue weighted by atomic mass is 127. The van der Waals surface area contributed by atoms with Crippen molar-refractivity contribution in [1.82, 2.24) is 4.90 Å². The van der Waals surface area contributed by atoms with Crippen molar-refractivity contribution < 1.29 is 0 Å². The number of thioether (sulfide) groups is 1. The highest BCUT2D eigenvalue weighted by molar-refractivity contribution is 14.0. The number of hydrogen-bond donors (Lipinski definition) is 5. The van der Waals surface area contributed by atoms with E-state index < -0.39 is 11.9 Å². The van der Waals surface area contributed by atoms with Crippen LogP contribution in [0.3, 0.4) is 0 Å². The van der Waals surface area contributed by atoms with Gasteiger partial charge in [0.1, 0.15) is 0 Å². The number of hydrogen-bond acceptors (Lipinski definition) is 4. The molecule has 6 nitrogen and oxygen atoms in total. The van der Waals surface area contributed by atoms with Gasteiger partial charge in [0.25, 0.3) is 0 Å². The maximum atomic E-state index is 7.20. The zero-order chi connectivity index (χ0) is 9.02. The molecule has 0 aromatic rings. The van der Waals surface area contributed by atoms with E-state index in [0.717, 1.165) is 16.7 Å². The molecular weight excluding hydrogens is 291 g/mol. The molecule has 0 bridgehead atoms. The predicted octanol–water partition coefficient (Wildman–Crippen LogP) is -0.00889. The molecule has 0 amide bonds. The molecule has 0 saturated carbocycles. The maximum absolute atomic E-state index is 7.20. The monoisotopic (exact) mass is 302 g/mol. The molecule has 0 aliphatic carbocycles. The summed E-state index contributed by atoms with van der Waals surface area (Å²) in [6, 6.07) is 0. The van der Waals surface area contributed by atoms with Gasteiger partial charge in [-0.25, -0.2) is 4.90 Å². The lowest BCUT2D eigenvalue weighted by atomic mass is 10.7. The lowest BCUT2D eigenvalue weighted by Gasteiger charge is -2.18. The molecule has 70 valence electrons. The van der Waals surface area contributed by atoms with E-state index in [1.54, 1.807) is 6.26 Å². The molecule has 0 unspecified atom stereocenters. The van der Waals surface area contributed by atoms with Crippen LogP contribution in [0.25, 0.3) is 0 Å². The summed E-state index contributed by atoms with van der Waals surface area (Å²) in [5.74, 6) is -0.839. The number of rotatable bonds is 0. The van der Waals surface area contributed by atoms with E-state index in [-0.39, 0.29) is 29.1 Å². The average Bonchev–Trinajstić information content (AvgIpc) is 1.85. The van der Waals surface area contributed by atoms with E-state index in [2.05, 4.69) is 0 Å². The summed E-state index contributed by atoms with van der Waals surface area (Å²) in [5, 5.41) is 21.1. The zero-order valence-corrected chi connectivity index (χ0v) is 9.57. The summed E-state index contributed by atoms with van der Waals surface area (Å²) in [4.78, 5) is 0.824. The fourth-order valence-electron chi connectivity index (χ4n) is 0.440. The van der Waals surface area contributed by atoms with Crippen LogP contribution in [0.2, 0.25) is 0 Å². The number of guanidine groups is 2. The van der Waals surface area contributed by atoms with Gasteiger partial charge < -0.3 is 11.5 Å². The molecule has 0 aromatic heterocycles. The SMILES string of the molecule is CSC(=N)N(C(=N)N)C(=N)N.I. The molecule has 0 saturated heterocycles. The third-order valence-electron chi connectivity index (χ3n) is 0.878. The molecule has 0 aliphatic rings.